The first-order valence-corrected chi connectivity index (χ1v) is 11.4. The van der Waals surface area contributed by atoms with Crippen LogP contribution in [-0.2, 0) is 10.0 Å². The number of aromatic nitrogens is 2. The Morgan fingerprint density at radius 1 is 1.41 bits per heavy atom. The highest BCUT2D eigenvalue weighted by Crippen LogP contribution is 2.38. The van der Waals surface area contributed by atoms with Crippen LogP contribution < -0.4 is 5.32 Å². The predicted octanol–water partition coefficient (Wildman–Crippen LogP) is 3.06. The number of hydrogen-bond acceptors (Lipinski definition) is 9. The maximum atomic E-state index is 12.9. The highest BCUT2D eigenvalue weighted by atomic mass is 32.2. The Morgan fingerprint density at radius 2 is 2.19 bits per heavy atom. The molecule has 0 bridgehead atoms. The van der Waals surface area contributed by atoms with Gasteiger partial charge >= 0.3 is 0 Å². The Bertz CT molecular complexity index is 947. The van der Waals surface area contributed by atoms with E-state index < -0.39 is 14.9 Å². The number of hydrogen-bond donors (Lipinski definition) is 1. The Hall–Kier alpha value is -1.76. The second-order valence-electron chi connectivity index (χ2n) is 6.22. The Kier molecular flexibility index (Phi) is 5.99. The summed E-state index contributed by atoms with van der Waals surface area (Å²) in [6, 6.07) is 4.02. The van der Waals surface area contributed by atoms with Crippen LogP contribution in [0.5, 0.6) is 0 Å². The standard InChI is InChI=1S/C15H19N5O4S3/c1-10-4-3-7-19(9-10)27(23,24)11-5-6-13(12(8-11)20(21)22)25-15-18-17-14(16-2)26-15/h5-6,8,10H,3-4,7,9H2,1-2H3,(H,16,17). The molecule has 27 heavy (non-hydrogen) atoms. The minimum atomic E-state index is -3.76. The molecule has 1 aromatic carbocycles. The molecule has 146 valence electrons. The molecule has 0 aliphatic carbocycles. The van der Waals surface area contributed by atoms with Crippen LogP contribution in [0.2, 0.25) is 0 Å². The second-order valence-corrected chi connectivity index (χ2v) is 10.4. The van der Waals surface area contributed by atoms with Gasteiger partial charge in [0.05, 0.1) is 14.7 Å². The molecule has 3 rings (SSSR count). The fourth-order valence-corrected chi connectivity index (χ4v) is 6.21. The lowest BCUT2D eigenvalue weighted by Gasteiger charge is -2.30. The van der Waals surface area contributed by atoms with Gasteiger partial charge < -0.3 is 5.32 Å². The average Bonchev–Trinajstić information content (AvgIpc) is 3.09. The maximum absolute atomic E-state index is 12.9. The van der Waals surface area contributed by atoms with E-state index in [-0.39, 0.29) is 16.5 Å². The summed E-state index contributed by atoms with van der Waals surface area (Å²) in [5.41, 5.74) is -0.257. The van der Waals surface area contributed by atoms with Crippen molar-refractivity contribution < 1.29 is 13.3 Å². The molecule has 0 radical (unpaired) electrons. The Morgan fingerprint density at radius 3 is 2.81 bits per heavy atom. The fourth-order valence-electron chi connectivity index (χ4n) is 2.85. The molecule has 1 saturated heterocycles. The second kappa shape index (κ2) is 8.09. The molecule has 12 heteroatoms. The third kappa shape index (κ3) is 4.39. The summed E-state index contributed by atoms with van der Waals surface area (Å²) in [6.07, 6.45) is 1.78. The highest BCUT2D eigenvalue weighted by Gasteiger charge is 2.30. The molecule has 0 saturated carbocycles. The molecule has 0 amide bonds. The van der Waals surface area contributed by atoms with Gasteiger partial charge in [0.2, 0.25) is 15.2 Å². The molecule has 0 spiro atoms. The molecule has 1 N–H and O–H groups in total. The summed E-state index contributed by atoms with van der Waals surface area (Å²) in [6.45, 7) is 2.88. The minimum absolute atomic E-state index is 0.0548. The third-order valence-electron chi connectivity index (χ3n) is 4.20. The van der Waals surface area contributed by atoms with Gasteiger partial charge in [-0.15, -0.1) is 10.2 Å². The number of sulfonamides is 1. The first kappa shape index (κ1) is 20.0. The van der Waals surface area contributed by atoms with E-state index in [1.807, 2.05) is 6.92 Å². The van der Waals surface area contributed by atoms with Crippen LogP contribution in [0.25, 0.3) is 0 Å². The molecular formula is C15H19N5O4S3. The number of nitro benzene ring substituents is 1. The molecule has 1 fully saturated rings. The van der Waals surface area contributed by atoms with Gasteiger partial charge in [-0.1, -0.05) is 18.3 Å². The van der Waals surface area contributed by atoms with E-state index in [0.717, 1.165) is 30.7 Å². The zero-order chi connectivity index (χ0) is 19.6. The zero-order valence-corrected chi connectivity index (χ0v) is 17.2. The lowest BCUT2D eigenvalue weighted by atomic mass is 10.0. The van der Waals surface area contributed by atoms with Crippen molar-refractivity contribution in [2.75, 3.05) is 25.5 Å². The van der Waals surface area contributed by atoms with Crippen molar-refractivity contribution in [1.29, 1.82) is 0 Å². The topological polar surface area (TPSA) is 118 Å². The lowest BCUT2D eigenvalue weighted by molar-refractivity contribution is -0.388. The number of rotatable bonds is 6. The fraction of sp³-hybridized carbons (Fsp3) is 0.467. The van der Waals surface area contributed by atoms with Crippen molar-refractivity contribution in [1.82, 2.24) is 14.5 Å². The van der Waals surface area contributed by atoms with E-state index in [1.165, 1.54) is 27.8 Å². The van der Waals surface area contributed by atoms with E-state index in [2.05, 4.69) is 15.5 Å². The van der Waals surface area contributed by atoms with E-state index in [0.29, 0.717) is 27.5 Å². The predicted molar refractivity (Wildman–Crippen MR) is 104 cm³/mol. The molecule has 1 unspecified atom stereocenters. The van der Waals surface area contributed by atoms with Gasteiger partial charge in [-0.3, -0.25) is 10.1 Å². The monoisotopic (exact) mass is 429 g/mol. The quantitative estimate of drug-likeness (QED) is 0.550. The van der Waals surface area contributed by atoms with Gasteiger partial charge in [-0.2, -0.15) is 4.31 Å². The Balaban J connectivity index is 1.92. The van der Waals surface area contributed by atoms with Gasteiger partial charge in [0.15, 0.2) is 4.34 Å². The molecule has 1 aliphatic rings. The van der Waals surface area contributed by atoms with E-state index >= 15 is 0 Å². The molecule has 2 aromatic rings. The van der Waals surface area contributed by atoms with Gasteiger partial charge in [-0.25, -0.2) is 8.42 Å². The van der Waals surface area contributed by atoms with E-state index in [4.69, 9.17) is 0 Å². The summed E-state index contributed by atoms with van der Waals surface area (Å²) in [5, 5.41) is 22.8. The van der Waals surface area contributed by atoms with Crippen LogP contribution in [0.3, 0.4) is 0 Å². The van der Waals surface area contributed by atoms with Gasteiger partial charge in [0, 0.05) is 26.2 Å². The van der Waals surface area contributed by atoms with Crippen molar-refractivity contribution in [3.05, 3.63) is 28.3 Å². The van der Waals surface area contributed by atoms with Crippen LogP contribution in [0, 0.1) is 16.0 Å². The molecule has 1 aliphatic heterocycles. The minimum Gasteiger partial charge on any atom is -0.363 e. The zero-order valence-electron chi connectivity index (χ0n) is 14.8. The number of nitrogens with zero attached hydrogens (tertiary/aromatic N) is 4. The molecule has 1 aromatic heterocycles. The van der Waals surface area contributed by atoms with Crippen LogP contribution in [0.4, 0.5) is 10.8 Å². The summed E-state index contributed by atoms with van der Waals surface area (Å²) < 4.78 is 27.7. The van der Waals surface area contributed by atoms with Gasteiger partial charge in [-0.05, 0) is 42.7 Å². The average molecular weight is 430 g/mol. The number of benzene rings is 1. The molecule has 2 heterocycles. The lowest BCUT2D eigenvalue weighted by Crippen LogP contribution is -2.39. The summed E-state index contributed by atoms with van der Waals surface area (Å²) in [5.74, 6) is 0.275. The first-order valence-electron chi connectivity index (χ1n) is 8.29. The summed E-state index contributed by atoms with van der Waals surface area (Å²) in [7, 11) is -2.05. The van der Waals surface area contributed by atoms with Gasteiger partial charge in [0.25, 0.3) is 5.69 Å². The summed E-state index contributed by atoms with van der Waals surface area (Å²) >= 11 is 2.35. The number of nitro groups is 1. The van der Waals surface area contributed by atoms with Crippen molar-refractivity contribution in [2.45, 2.75) is 33.9 Å². The third-order valence-corrected chi connectivity index (χ3v) is 8.12. The number of piperidine rings is 1. The number of anilines is 1. The van der Waals surface area contributed by atoms with E-state index in [1.54, 1.807) is 7.05 Å². The summed E-state index contributed by atoms with van der Waals surface area (Å²) in [4.78, 5) is 11.2. The van der Waals surface area contributed by atoms with Crippen LogP contribution >= 0.6 is 23.1 Å². The molecule has 9 nitrogen and oxygen atoms in total. The maximum Gasteiger partial charge on any atom is 0.284 e. The molecule has 1 atom stereocenters. The van der Waals surface area contributed by atoms with E-state index in [9.17, 15) is 18.5 Å². The van der Waals surface area contributed by atoms with Crippen molar-refractivity contribution in [3.8, 4) is 0 Å². The Labute approximate surface area is 165 Å². The van der Waals surface area contributed by atoms with Crippen molar-refractivity contribution in [3.63, 3.8) is 0 Å². The SMILES string of the molecule is CNc1nnc(Sc2ccc(S(=O)(=O)N3CCCC(C)C3)cc2[N+](=O)[O-])s1. The van der Waals surface area contributed by atoms with Gasteiger partial charge in [0.1, 0.15) is 0 Å². The normalized spacial score (nSPS) is 18.4. The van der Waals surface area contributed by atoms with Crippen molar-refractivity contribution in [2.24, 2.45) is 5.92 Å². The number of nitrogens with one attached hydrogen (secondary N) is 1. The first-order chi connectivity index (χ1) is 12.8. The largest absolute Gasteiger partial charge is 0.363 e. The highest BCUT2D eigenvalue weighted by molar-refractivity contribution is 8.01. The molecular weight excluding hydrogens is 410 g/mol. The van der Waals surface area contributed by atoms with Crippen molar-refractivity contribution >= 4 is 43.9 Å². The smallest absolute Gasteiger partial charge is 0.284 e. The van der Waals surface area contributed by atoms with Crippen LogP contribution in [0.15, 0.2) is 32.3 Å². The van der Waals surface area contributed by atoms with Crippen LogP contribution in [-0.4, -0.2) is 48.0 Å². The van der Waals surface area contributed by atoms with Crippen LogP contribution in [0.1, 0.15) is 19.8 Å².